The van der Waals surface area contributed by atoms with Gasteiger partial charge in [0.05, 0.1) is 12.2 Å². The number of nitrogens with one attached hydrogen (secondary N) is 3. The van der Waals surface area contributed by atoms with E-state index in [1.54, 1.807) is 18.2 Å². The van der Waals surface area contributed by atoms with Crippen LogP contribution in [0.15, 0.2) is 48.5 Å². The Labute approximate surface area is 184 Å². The molecule has 0 atom stereocenters. The summed E-state index contributed by atoms with van der Waals surface area (Å²) in [5, 5.41) is 6.97. The van der Waals surface area contributed by atoms with E-state index in [1.807, 2.05) is 30.3 Å². The Kier molecular flexibility index (Phi) is 5.99. The molecule has 31 heavy (non-hydrogen) atoms. The molecule has 0 aromatic heterocycles. The summed E-state index contributed by atoms with van der Waals surface area (Å²) in [5.74, 6) is 0.178. The van der Waals surface area contributed by atoms with Crippen molar-refractivity contribution in [2.24, 2.45) is 0 Å². The highest BCUT2D eigenvalue weighted by Gasteiger charge is 2.52. The number of hydrogen-bond acceptors (Lipinski definition) is 5. The fourth-order valence-electron chi connectivity index (χ4n) is 3.90. The second-order valence-corrected chi connectivity index (χ2v) is 8.09. The van der Waals surface area contributed by atoms with Crippen molar-refractivity contribution in [2.75, 3.05) is 11.9 Å². The Morgan fingerprint density at radius 3 is 2.58 bits per heavy atom. The number of amides is 4. The molecule has 2 fully saturated rings. The first-order valence-corrected chi connectivity index (χ1v) is 10.6. The number of imide groups is 1. The van der Waals surface area contributed by atoms with E-state index < -0.39 is 23.4 Å². The number of ether oxygens (including phenoxy) is 1. The fourth-order valence-corrected chi connectivity index (χ4v) is 4.07. The lowest BCUT2D eigenvalue weighted by molar-refractivity contribution is -0.139. The van der Waals surface area contributed by atoms with E-state index in [1.165, 1.54) is 0 Å². The first kappa shape index (κ1) is 21.0. The molecule has 1 spiro atoms. The lowest BCUT2D eigenvalue weighted by Crippen LogP contribution is -2.51. The predicted molar refractivity (Wildman–Crippen MR) is 116 cm³/mol. The van der Waals surface area contributed by atoms with Crippen LogP contribution in [0.3, 0.4) is 0 Å². The quantitative estimate of drug-likeness (QED) is 0.590. The van der Waals surface area contributed by atoms with E-state index in [-0.39, 0.29) is 6.54 Å². The standard InChI is InChI=1S/C22H23ClN4O4/c23-15-9-10-18(31-16-7-3-1-4-8-16)17(13-15)24-14-19(28)26-27-20(29)22(25-21(27)30)11-5-2-6-12-22/h1,3-4,7-10,13,24H,2,5-6,11-12,14H2,(H,25,30)(H,26,28). The third kappa shape index (κ3) is 4.59. The molecule has 2 aromatic carbocycles. The normalized spacial score (nSPS) is 17.4. The number of halogens is 1. The van der Waals surface area contributed by atoms with Gasteiger partial charge in [0, 0.05) is 5.02 Å². The number of rotatable bonds is 6. The first-order chi connectivity index (χ1) is 15.0. The van der Waals surface area contributed by atoms with Gasteiger partial charge in [0.1, 0.15) is 11.3 Å². The molecule has 162 valence electrons. The number of hydrogen-bond donors (Lipinski definition) is 3. The molecule has 3 N–H and O–H groups in total. The van der Waals surface area contributed by atoms with Gasteiger partial charge >= 0.3 is 6.03 Å². The van der Waals surface area contributed by atoms with Gasteiger partial charge < -0.3 is 15.4 Å². The maximum atomic E-state index is 12.8. The summed E-state index contributed by atoms with van der Waals surface area (Å²) in [6, 6.07) is 13.6. The van der Waals surface area contributed by atoms with Crippen LogP contribution in [0.5, 0.6) is 11.5 Å². The van der Waals surface area contributed by atoms with Crippen molar-refractivity contribution in [3.63, 3.8) is 0 Å². The van der Waals surface area contributed by atoms with Crippen molar-refractivity contribution in [1.29, 1.82) is 0 Å². The molecule has 4 amide bonds. The predicted octanol–water partition coefficient (Wildman–Crippen LogP) is 3.83. The zero-order chi connectivity index (χ0) is 21.8. The summed E-state index contributed by atoms with van der Waals surface area (Å²) in [4.78, 5) is 37.5. The van der Waals surface area contributed by atoms with Gasteiger partial charge in [-0.25, -0.2) is 4.79 Å². The van der Waals surface area contributed by atoms with Gasteiger partial charge in [-0.15, -0.1) is 0 Å². The first-order valence-electron chi connectivity index (χ1n) is 10.2. The highest BCUT2D eigenvalue weighted by molar-refractivity contribution is 6.31. The zero-order valence-corrected chi connectivity index (χ0v) is 17.6. The summed E-state index contributed by atoms with van der Waals surface area (Å²) in [5.41, 5.74) is 2.02. The Morgan fingerprint density at radius 1 is 1.10 bits per heavy atom. The third-order valence-corrected chi connectivity index (χ3v) is 5.69. The largest absolute Gasteiger partial charge is 0.455 e. The summed E-state index contributed by atoms with van der Waals surface area (Å²) in [6.07, 6.45) is 3.95. The lowest BCUT2D eigenvalue weighted by atomic mass is 9.82. The number of nitrogens with zero attached hydrogens (tertiary/aromatic N) is 1. The van der Waals surface area contributed by atoms with Crippen LogP contribution in [0.4, 0.5) is 10.5 Å². The Morgan fingerprint density at radius 2 is 1.84 bits per heavy atom. The fraction of sp³-hybridized carbons (Fsp3) is 0.318. The maximum absolute atomic E-state index is 12.8. The van der Waals surface area contributed by atoms with Gasteiger partial charge in [0.25, 0.3) is 11.8 Å². The number of benzene rings is 2. The summed E-state index contributed by atoms with van der Waals surface area (Å²) >= 11 is 6.09. The van der Waals surface area contributed by atoms with Crippen LogP contribution in [-0.4, -0.2) is 34.9 Å². The van der Waals surface area contributed by atoms with E-state index in [0.29, 0.717) is 35.1 Å². The monoisotopic (exact) mass is 442 g/mol. The Balaban J connectivity index is 1.39. The van der Waals surface area contributed by atoms with E-state index in [0.717, 1.165) is 24.3 Å². The molecule has 1 heterocycles. The van der Waals surface area contributed by atoms with Gasteiger partial charge in [-0.2, -0.15) is 5.01 Å². The molecule has 1 saturated heterocycles. The molecular formula is C22H23ClN4O4. The number of carbonyl (C=O) groups excluding carboxylic acids is 3. The molecule has 1 saturated carbocycles. The van der Waals surface area contributed by atoms with Crippen LogP contribution >= 0.6 is 11.6 Å². The van der Waals surface area contributed by atoms with Crippen LogP contribution < -0.4 is 20.8 Å². The number of anilines is 1. The van der Waals surface area contributed by atoms with Crippen LogP contribution in [0.1, 0.15) is 32.1 Å². The molecule has 2 aliphatic rings. The minimum absolute atomic E-state index is 0.185. The molecule has 4 rings (SSSR count). The van der Waals surface area contributed by atoms with E-state index in [9.17, 15) is 14.4 Å². The number of para-hydroxylation sites is 1. The molecule has 0 bridgehead atoms. The molecular weight excluding hydrogens is 420 g/mol. The smallest absolute Gasteiger partial charge is 0.344 e. The van der Waals surface area contributed by atoms with Gasteiger partial charge in [-0.1, -0.05) is 49.1 Å². The minimum Gasteiger partial charge on any atom is -0.455 e. The third-order valence-electron chi connectivity index (χ3n) is 5.46. The Hall–Kier alpha value is -3.26. The van der Waals surface area contributed by atoms with Crippen LogP contribution in [-0.2, 0) is 9.59 Å². The highest BCUT2D eigenvalue weighted by Crippen LogP contribution is 2.33. The average Bonchev–Trinajstić information content (AvgIpc) is 2.99. The molecule has 1 aliphatic heterocycles. The summed E-state index contributed by atoms with van der Waals surface area (Å²) in [6.45, 7) is -0.185. The summed E-state index contributed by atoms with van der Waals surface area (Å²) < 4.78 is 5.86. The van der Waals surface area contributed by atoms with Crippen molar-refractivity contribution in [1.82, 2.24) is 15.8 Å². The van der Waals surface area contributed by atoms with Crippen molar-refractivity contribution in [3.8, 4) is 11.5 Å². The second-order valence-electron chi connectivity index (χ2n) is 7.66. The number of urea groups is 1. The van der Waals surface area contributed by atoms with Crippen molar-refractivity contribution in [2.45, 2.75) is 37.6 Å². The van der Waals surface area contributed by atoms with Crippen molar-refractivity contribution < 1.29 is 19.1 Å². The van der Waals surface area contributed by atoms with Crippen molar-refractivity contribution >= 4 is 35.1 Å². The van der Waals surface area contributed by atoms with Crippen LogP contribution in [0, 0.1) is 0 Å². The maximum Gasteiger partial charge on any atom is 0.344 e. The van der Waals surface area contributed by atoms with Crippen molar-refractivity contribution in [3.05, 3.63) is 53.6 Å². The molecule has 0 unspecified atom stereocenters. The molecule has 2 aromatic rings. The summed E-state index contributed by atoms with van der Waals surface area (Å²) in [7, 11) is 0. The number of carbonyl (C=O) groups is 3. The average molecular weight is 443 g/mol. The molecule has 8 nitrogen and oxygen atoms in total. The minimum atomic E-state index is -0.889. The van der Waals surface area contributed by atoms with Crippen LogP contribution in [0.25, 0.3) is 0 Å². The second kappa shape index (κ2) is 8.85. The van der Waals surface area contributed by atoms with Gasteiger partial charge in [-0.3, -0.25) is 15.0 Å². The molecule has 1 aliphatic carbocycles. The molecule has 9 heteroatoms. The van der Waals surface area contributed by atoms with E-state index in [2.05, 4.69) is 16.1 Å². The SMILES string of the molecule is O=C(CNc1cc(Cl)ccc1Oc1ccccc1)NN1C(=O)NC2(CCCCC2)C1=O. The van der Waals surface area contributed by atoms with E-state index >= 15 is 0 Å². The van der Waals surface area contributed by atoms with E-state index in [4.69, 9.17) is 16.3 Å². The van der Waals surface area contributed by atoms with Gasteiger partial charge in [0.2, 0.25) is 0 Å². The van der Waals surface area contributed by atoms with Gasteiger partial charge in [-0.05, 0) is 43.2 Å². The zero-order valence-electron chi connectivity index (χ0n) is 16.8. The Bertz CT molecular complexity index is 992. The van der Waals surface area contributed by atoms with Crippen LogP contribution in [0.2, 0.25) is 5.02 Å². The number of hydrazine groups is 1. The molecule has 0 radical (unpaired) electrons. The lowest BCUT2D eigenvalue weighted by Gasteiger charge is -2.30. The topological polar surface area (TPSA) is 99.8 Å². The van der Waals surface area contributed by atoms with Gasteiger partial charge in [0.15, 0.2) is 5.75 Å². The highest BCUT2D eigenvalue weighted by atomic mass is 35.5.